The monoisotopic (exact) mass is 324 g/mol. The molecule has 1 fully saturated rings. The van der Waals surface area contributed by atoms with Gasteiger partial charge in [0.15, 0.2) is 0 Å². The summed E-state index contributed by atoms with van der Waals surface area (Å²) in [4.78, 5) is 14.2. The minimum absolute atomic E-state index is 0.108. The Hall–Kier alpha value is -1.26. The van der Waals surface area contributed by atoms with E-state index in [9.17, 15) is 4.79 Å². The van der Waals surface area contributed by atoms with E-state index < -0.39 is 0 Å². The highest BCUT2D eigenvalue weighted by Crippen LogP contribution is 2.18. The number of amides is 1. The van der Waals surface area contributed by atoms with Crippen LogP contribution in [-0.2, 0) is 4.79 Å². The molecular weight excluding hydrogens is 300 g/mol. The molecular formula is C17H25ClN2O2. The molecule has 1 aliphatic rings. The molecule has 1 aromatic carbocycles. The Kier molecular flexibility index (Phi) is 6.52. The number of benzene rings is 1. The zero-order chi connectivity index (χ0) is 15.9. The van der Waals surface area contributed by atoms with Gasteiger partial charge in [-0.2, -0.15) is 0 Å². The molecule has 0 bridgehead atoms. The van der Waals surface area contributed by atoms with Gasteiger partial charge < -0.3 is 10.1 Å². The van der Waals surface area contributed by atoms with Gasteiger partial charge >= 0.3 is 0 Å². The van der Waals surface area contributed by atoms with Crippen LogP contribution in [0.25, 0.3) is 0 Å². The molecule has 2 rings (SSSR count). The van der Waals surface area contributed by atoms with Crippen LogP contribution in [0.5, 0.6) is 5.75 Å². The van der Waals surface area contributed by atoms with Crippen molar-refractivity contribution in [1.29, 1.82) is 0 Å². The molecule has 1 aliphatic carbocycles. The zero-order valence-electron chi connectivity index (χ0n) is 13.3. The molecule has 1 N–H and O–H groups in total. The normalized spacial score (nSPS) is 16.7. The van der Waals surface area contributed by atoms with Crippen LogP contribution in [0.15, 0.2) is 24.3 Å². The van der Waals surface area contributed by atoms with Crippen LogP contribution >= 0.6 is 11.6 Å². The molecule has 122 valence electrons. The number of ether oxygens (including phenoxy) is 1. The molecule has 1 amide bonds. The number of rotatable bonds is 7. The average molecular weight is 325 g/mol. The topological polar surface area (TPSA) is 41.6 Å². The SMILES string of the molecule is C[C@@H](C(=O)NC1CCCC1)N(C)CCOc1cccc(Cl)c1. The minimum atomic E-state index is -0.149. The van der Waals surface area contributed by atoms with Crippen LogP contribution < -0.4 is 10.1 Å². The molecule has 1 saturated carbocycles. The van der Waals surface area contributed by atoms with Crippen LogP contribution in [-0.4, -0.2) is 43.1 Å². The van der Waals surface area contributed by atoms with Crippen molar-refractivity contribution in [1.82, 2.24) is 10.2 Å². The second-order valence-corrected chi connectivity index (χ2v) is 6.39. The van der Waals surface area contributed by atoms with E-state index in [4.69, 9.17) is 16.3 Å². The van der Waals surface area contributed by atoms with Gasteiger partial charge in [0.05, 0.1) is 6.04 Å². The maximum atomic E-state index is 12.2. The largest absolute Gasteiger partial charge is 0.492 e. The Bertz CT molecular complexity index is 489. The number of nitrogens with zero attached hydrogens (tertiary/aromatic N) is 1. The Morgan fingerprint density at radius 1 is 1.45 bits per heavy atom. The van der Waals surface area contributed by atoms with Crippen molar-refractivity contribution in [2.45, 2.75) is 44.7 Å². The molecule has 1 aromatic rings. The summed E-state index contributed by atoms with van der Waals surface area (Å²) in [5, 5.41) is 3.80. The molecule has 1 atom stereocenters. The third kappa shape index (κ3) is 5.18. The molecule has 0 spiro atoms. The average Bonchev–Trinajstić information content (AvgIpc) is 2.99. The third-order valence-corrected chi connectivity index (χ3v) is 4.49. The maximum Gasteiger partial charge on any atom is 0.237 e. The smallest absolute Gasteiger partial charge is 0.237 e. The van der Waals surface area contributed by atoms with Gasteiger partial charge in [0.1, 0.15) is 12.4 Å². The number of nitrogens with one attached hydrogen (secondary N) is 1. The van der Waals surface area contributed by atoms with Crippen LogP contribution in [0.2, 0.25) is 5.02 Å². The maximum absolute atomic E-state index is 12.2. The summed E-state index contributed by atoms with van der Waals surface area (Å²) < 4.78 is 5.66. The van der Waals surface area contributed by atoms with Crippen LogP contribution in [0, 0.1) is 0 Å². The van der Waals surface area contributed by atoms with Gasteiger partial charge in [0.25, 0.3) is 0 Å². The van der Waals surface area contributed by atoms with Crippen LogP contribution in [0.4, 0.5) is 0 Å². The summed E-state index contributed by atoms with van der Waals surface area (Å²) in [6.07, 6.45) is 4.67. The van der Waals surface area contributed by atoms with Gasteiger partial charge in [-0.25, -0.2) is 0 Å². The van der Waals surface area contributed by atoms with E-state index in [1.165, 1.54) is 12.8 Å². The Labute approximate surface area is 137 Å². The number of carbonyl (C=O) groups excluding carboxylic acids is 1. The zero-order valence-corrected chi connectivity index (χ0v) is 14.1. The Balaban J connectivity index is 1.71. The molecule has 5 heteroatoms. The van der Waals surface area contributed by atoms with Crippen molar-refractivity contribution in [2.75, 3.05) is 20.2 Å². The van der Waals surface area contributed by atoms with Crippen molar-refractivity contribution in [3.8, 4) is 5.75 Å². The van der Waals surface area contributed by atoms with Crippen molar-refractivity contribution in [3.05, 3.63) is 29.3 Å². The predicted octanol–water partition coefficient (Wildman–Crippen LogP) is 3.10. The van der Waals surface area contributed by atoms with Gasteiger partial charge in [-0.1, -0.05) is 30.5 Å². The number of halogens is 1. The summed E-state index contributed by atoms with van der Waals surface area (Å²) in [5.41, 5.74) is 0. The molecule has 4 nitrogen and oxygen atoms in total. The first-order valence-electron chi connectivity index (χ1n) is 7.95. The first-order chi connectivity index (χ1) is 10.6. The molecule has 0 heterocycles. The highest BCUT2D eigenvalue weighted by Gasteiger charge is 2.22. The second kappa shape index (κ2) is 8.39. The molecule has 0 radical (unpaired) electrons. The minimum Gasteiger partial charge on any atom is -0.492 e. The van der Waals surface area contributed by atoms with E-state index in [1.54, 1.807) is 6.07 Å². The lowest BCUT2D eigenvalue weighted by molar-refractivity contribution is -0.126. The van der Waals surface area contributed by atoms with Crippen molar-refractivity contribution in [3.63, 3.8) is 0 Å². The summed E-state index contributed by atoms with van der Waals surface area (Å²) >= 11 is 5.92. The molecule has 0 unspecified atom stereocenters. The van der Waals surface area contributed by atoms with Gasteiger partial charge in [-0.3, -0.25) is 9.69 Å². The molecule has 0 aromatic heterocycles. The number of hydrogen-bond acceptors (Lipinski definition) is 3. The highest BCUT2D eigenvalue weighted by molar-refractivity contribution is 6.30. The van der Waals surface area contributed by atoms with Gasteiger partial charge in [0.2, 0.25) is 5.91 Å². The van der Waals surface area contributed by atoms with Gasteiger partial charge in [-0.05, 0) is 45.0 Å². The third-order valence-electron chi connectivity index (χ3n) is 4.25. The molecule has 0 saturated heterocycles. The fourth-order valence-electron chi connectivity index (χ4n) is 2.65. The summed E-state index contributed by atoms with van der Waals surface area (Å²) in [6.45, 7) is 3.15. The van der Waals surface area contributed by atoms with Crippen LogP contribution in [0.3, 0.4) is 0 Å². The van der Waals surface area contributed by atoms with E-state index in [-0.39, 0.29) is 11.9 Å². The van der Waals surface area contributed by atoms with E-state index in [2.05, 4.69) is 5.32 Å². The Morgan fingerprint density at radius 2 is 2.18 bits per heavy atom. The predicted molar refractivity (Wildman–Crippen MR) is 89.4 cm³/mol. The standard InChI is InChI=1S/C17H25ClN2O2/c1-13(17(21)19-15-7-3-4-8-15)20(2)10-11-22-16-9-5-6-14(18)12-16/h5-6,9,12-13,15H,3-4,7-8,10-11H2,1-2H3,(H,19,21)/t13-/m0/s1. The van der Waals surface area contributed by atoms with Crippen molar-refractivity contribution >= 4 is 17.5 Å². The highest BCUT2D eigenvalue weighted by atomic mass is 35.5. The van der Waals surface area contributed by atoms with E-state index in [0.717, 1.165) is 18.6 Å². The van der Waals surface area contributed by atoms with E-state index in [1.807, 2.05) is 37.1 Å². The molecule has 0 aliphatic heterocycles. The molecule has 22 heavy (non-hydrogen) atoms. The van der Waals surface area contributed by atoms with Gasteiger partial charge in [-0.15, -0.1) is 0 Å². The van der Waals surface area contributed by atoms with Crippen molar-refractivity contribution < 1.29 is 9.53 Å². The fraction of sp³-hybridized carbons (Fsp3) is 0.588. The van der Waals surface area contributed by atoms with Gasteiger partial charge in [0, 0.05) is 17.6 Å². The summed E-state index contributed by atoms with van der Waals surface area (Å²) in [6, 6.07) is 7.56. The summed E-state index contributed by atoms with van der Waals surface area (Å²) in [7, 11) is 1.94. The van der Waals surface area contributed by atoms with Crippen LogP contribution in [0.1, 0.15) is 32.6 Å². The fourth-order valence-corrected chi connectivity index (χ4v) is 2.83. The number of hydrogen-bond donors (Lipinski definition) is 1. The number of likely N-dealkylation sites (N-methyl/N-ethyl adjacent to an activating group) is 1. The first-order valence-corrected chi connectivity index (χ1v) is 8.33. The lowest BCUT2D eigenvalue weighted by atomic mass is 10.2. The lowest BCUT2D eigenvalue weighted by Gasteiger charge is -2.25. The number of carbonyl (C=O) groups is 1. The summed E-state index contributed by atoms with van der Waals surface area (Å²) in [5.74, 6) is 0.862. The second-order valence-electron chi connectivity index (χ2n) is 5.95. The Morgan fingerprint density at radius 3 is 2.86 bits per heavy atom. The first kappa shape index (κ1) is 17.1. The van der Waals surface area contributed by atoms with E-state index >= 15 is 0 Å². The van der Waals surface area contributed by atoms with Crippen molar-refractivity contribution in [2.24, 2.45) is 0 Å². The quantitative estimate of drug-likeness (QED) is 0.838. The lowest BCUT2D eigenvalue weighted by Crippen LogP contribution is -2.47. The van der Waals surface area contributed by atoms with E-state index in [0.29, 0.717) is 24.2 Å².